The minimum absolute atomic E-state index is 0.116. The number of rotatable bonds is 4. The van der Waals surface area contributed by atoms with Crippen LogP contribution in [0.15, 0.2) is 11.4 Å². The minimum Gasteiger partial charge on any atom is -0.481 e. The second kappa shape index (κ2) is 7.23. The lowest BCUT2D eigenvalue weighted by Crippen LogP contribution is -2.37. The Kier molecular flexibility index (Phi) is 5.32. The van der Waals surface area contributed by atoms with Gasteiger partial charge in [0.2, 0.25) is 5.91 Å². The molecule has 0 aromatic carbocycles. The third-order valence-corrected chi connectivity index (χ3v) is 4.63. The molecule has 0 radical (unpaired) electrons. The molecule has 1 fully saturated rings. The number of carboxylic acid groups (broad SMARTS) is 1. The van der Waals surface area contributed by atoms with E-state index in [0.717, 1.165) is 24.2 Å². The number of hydrogen-bond donors (Lipinski definition) is 4. The summed E-state index contributed by atoms with van der Waals surface area (Å²) in [4.78, 5) is 46.2. The first kappa shape index (κ1) is 16.9. The quantitative estimate of drug-likeness (QED) is 0.656. The average molecular weight is 339 g/mol. The van der Waals surface area contributed by atoms with Gasteiger partial charge in [0.25, 0.3) is 5.91 Å². The summed E-state index contributed by atoms with van der Waals surface area (Å²) in [5.74, 6) is -3.47. The monoisotopic (exact) mass is 339 g/mol. The van der Waals surface area contributed by atoms with Crippen LogP contribution in [0.25, 0.3) is 0 Å². The zero-order valence-corrected chi connectivity index (χ0v) is 13.0. The average Bonchev–Trinajstić information content (AvgIpc) is 2.94. The molecule has 1 saturated carbocycles. The van der Waals surface area contributed by atoms with E-state index in [1.165, 1.54) is 6.07 Å². The predicted molar refractivity (Wildman–Crippen MR) is 83.1 cm³/mol. The first-order valence-corrected chi connectivity index (χ1v) is 8.00. The smallest absolute Gasteiger partial charge is 0.319 e. The number of amides is 4. The number of aliphatic carboxylic acids is 1. The first-order valence-electron chi connectivity index (χ1n) is 7.12. The number of primary amides is 1. The number of carboxylic acids is 1. The molecule has 124 valence electrons. The summed E-state index contributed by atoms with van der Waals surface area (Å²) in [6.07, 6.45) is 2.54. The molecule has 2 rings (SSSR count). The zero-order valence-electron chi connectivity index (χ0n) is 12.2. The van der Waals surface area contributed by atoms with Gasteiger partial charge in [-0.25, -0.2) is 4.79 Å². The summed E-state index contributed by atoms with van der Waals surface area (Å²) in [6.45, 7) is 0. The van der Waals surface area contributed by atoms with Crippen molar-refractivity contribution in [2.24, 2.45) is 17.6 Å². The van der Waals surface area contributed by atoms with Crippen LogP contribution in [0.5, 0.6) is 0 Å². The first-order chi connectivity index (χ1) is 10.9. The molecule has 1 aromatic rings. The highest BCUT2D eigenvalue weighted by Crippen LogP contribution is 2.32. The molecule has 23 heavy (non-hydrogen) atoms. The highest BCUT2D eigenvalue weighted by Gasteiger charge is 2.36. The lowest BCUT2D eigenvalue weighted by Gasteiger charge is -2.27. The number of nitrogens with two attached hydrogens (primary N) is 1. The molecule has 0 bridgehead atoms. The van der Waals surface area contributed by atoms with E-state index in [0.29, 0.717) is 12.8 Å². The Bertz CT molecular complexity index is 642. The van der Waals surface area contributed by atoms with Crippen molar-refractivity contribution in [2.75, 3.05) is 5.32 Å². The Hall–Kier alpha value is -2.42. The topological polar surface area (TPSA) is 139 Å². The molecule has 0 saturated heterocycles. The molecule has 5 N–H and O–H groups in total. The molecule has 0 spiro atoms. The van der Waals surface area contributed by atoms with Gasteiger partial charge in [0, 0.05) is 0 Å². The molecular formula is C14H17N3O5S. The van der Waals surface area contributed by atoms with Gasteiger partial charge in [-0.3, -0.25) is 19.7 Å². The normalized spacial score (nSPS) is 20.5. The highest BCUT2D eigenvalue weighted by molar-refractivity contribution is 7.14. The Morgan fingerprint density at radius 3 is 2.43 bits per heavy atom. The maximum absolute atomic E-state index is 12.4. The number of nitrogens with one attached hydrogen (secondary N) is 2. The Morgan fingerprint density at radius 1 is 1.17 bits per heavy atom. The number of imide groups is 1. The van der Waals surface area contributed by atoms with Crippen LogP contribution in [0.3, 0.4) is 0 Å². The van der Waals surface area contributed by atoms with Crippen LogP contribution in [0, 0.1) is 11.8 Å². The molecule has 1 aliphatic rings. The van der Waals surface area contributed by atoms with Gasteiger partial charge in [-0.1, -0.05) is 12.8 Å². The summed E-state index contributed by atoms with van der Waals surface area (Å²) in [5.41, 5.74) is 5.01. The van der Waals surface area contributed by atoms with Gasteiger partial charge in [0.15, 0.2) is 0 Å². The SMILES string of the molecule is NC(=O)NC(=O)c1ccsc1NC(=O)C1CCCCC1C(=O)O. The van der Waals surface area contributed by atoms with Crippen molar-refractivity contribution >= 4 is 40.2 Å². The standard InChI is InChI=1S/C14H17N3O5S/c15-14(22)17-11(19)9-5-6-23-12(9)16-10(18)7-3-1-2-4-8(7)13(20)21/h5-8H,1-4H2,(H,16,18)(H,20,21)(H3,15,17,19,22). The molecule has 8 nitrogen and oxygen atoms in total. The fourth-order valence-corrected chi connectivity index (χ4v) is 3.50. The number of hydrogen-bond acceptors (Lipinski definition) is 5. The summed E-state index contributed by atoms with van der Waals surface area (Å²) in [7, 11) is 0. The maximum Gasteiger partial charge on any atom is 0.319 e. The summed E-state index contributed by atoms with van der Waals surface area (Å²) in [5, 5.41) is 15.6. The third kappa shape index (κ3) is 4.07. The molecular weight excluding hydrogens is 322 g/mol. The van der Waals surface area contributed by atoms with E-state index < -0.39 is 35.7 Å². The largest absolute Gasteiger partial charge is 0.481 e. The van der Waals surface area contributed by atoms with E-state index in [1.54, 1.807) is 5.38 Å². The number of anilines is 1. The van der Waals surface area contributed by atoms with E-state index >= 15 is 0 Å². The summed E-state index contributed by atoms with van der Waals surface area (Å²) in [6, 6.07) is 0.463. The Balaban J connectivity index is 2.11. The number of urea groups is 1. The molecule has 1 aromatic heterocycles. The van der Waals surface area contributed by atoms with Gasteiger partial charge in [-0.15, -0.1) is 11.3 Å². The van der Waals surface area contributed by atoms with Crippen molar-refractivity contribution in [3.63, 3.8) is 0 Å². The van der Waals surface area contributed by atoms with Crippen molar-refractivity contribution in [1.82, 2.24) is 5.32 Å². The van der Waals surface area contributed by atoms with Crippen molar-refractivity contribution in [1.29, 1.82) is 0 Å². The van der Waals surface area contributed by atoms with Gasteiger partial charge in [0.1, 0.15) is 5.00 Å². The molecule has 1 aliphatic carbocycles. The van der Waals surface area contributed by atoms with E-state index in [4.69, 9.17) is 5.73 Å². The van der Waals surface area contributed by atoms with E-state index in [1.807, 2.05) is 5.32 Å². The summed E-state index contributed by atoms with van der Waals surface area (Å²) < 4.78 is 0. The second-order valence-electron chi connectivity index (χ2n) is 5.31. The van der Waals surface area contributed by atoms with Gasteiger partial charge < -0.3 is 16.2 Å². The summed E-state index contributed by atoms with van der Waals surface area (Å²) >= 11 is 1.11. The van der Waals surface area contributed by atoms with E-state index in [-0.39, 0.29) is 10.6 Å². The van der Waals surface area contributed by atoms with Gasteiger partial charge in [-0.05, 0) is 24.3 Å². The van der Waals surface area contributed by atoms with Crippen LogP contribution in [-0.2, 0) is 9.59 Å². The lowest BCUT2D eigenvalue weighted by molar-refractivity contribution is -0.147. The van der Waals surface area contributed by atoms with Crippen molar-refractivity contribution < 1.29 is 24.3 Å². The molecule has 0 aliphatic heterocycles. The predicted octanol–water partition coefficient (Wildman–Crippen LogP) is 1.39. The Morgan fingerprint density at radius 2 is 1.83 bits per heavy atom. The number of carbonyl (C=O) groups excluding carboxylic acids is 3. The van der Waals surface area contributed by atoms with Gasteiger partial charge in [0.05, 0.1) is 17.4 Å². The number of carbonyl (C=O) groups is 4. The van der Waals surface area contributed by atoms with Crippen molar-refractivity contribution in [2.45, 2.75) is 25.7 Å². The van der Waals surface area contributed by atoms with Crippen LogP contribution in [-0.4, -0.2) is 28.9 Å². The zero-order chi connectivity index (χ0) is 17.0. The van der Waals surface area contributed by atoms with Crippen LogP contribution in [0.2, 0.25) is 0 Å². The van der Waals surface area contributed by atoms with Crippen LogP contribution >= 0.6 is 11.3 Å². The fourth-order valence-electron chi connectivity index (χ4n) is 2.71. The highest BCUT2D eigenvalue weighted by atomic mass is 32.1. The van der Waals surface area contributed by atoms with Crippen LogP contribution < -0.4 is 16.4 Å². The fraction of sp³-hybridized carbons (Fsp3) is 0.429. The molecule has 1 heterocycles. The van der Waals surface area contributed by atoms with Crippen molar-refractivity contribution in [3.8, 4) is 0 Å². The van der Waals surface area contributed by atoms with E-state index in [2.05, 4.69) is 5.32 Å². The number of thiophene rings is 1. The van der Waals surface area contributed by atoms with Gasteiger partial charge in [-0.2, -0.15) is 0 Å². The Labute approximate surface area is 136 Å². The van der Waals surface area contributed by atoms with Crippen molar-refractivity contribution in [3.05, 3.63) is 17.0 Å². The van der Waals surface area contributed by atoms with Gasteiger partial charge >= 0.3 is 12.0 Å². The third-order valence-electron chi connectivity index (χ3n) is 3.80. The van der Waals surface area contributed by atoms with E-state index in [9.17, 15) is 24.3 Å². The molecule has 4 amide bonds. The lowest BCUT2D eigenvalue weighted by atomic mass is 9.79. The van der Waals surface area contributed by atoms with Crippen LogP contribution in [0.1, 0.15) is 36.0 Å². The minimum atomic E-state index is -0.989. The second-order valence-corrected chi connectivity index (χ2v) is 6.22. The maximum atomic E-state index is 12.4. The molecule has 2 unspecified atom stereocenters. The van der Waals surface area contributed by atoms with Crippen LogP contribution in [0.4, 0.5) is 9.80 Å². The molecule has 2 atom stereocenters. The molecule has 9 heteroatoms.